The fourth-order valence-corrected chi connectivity index (χ4v) is 3.68. The number of hydrogen-bond donors (Lipinski definition) is 2. The lowest BCUT2D eigenvalue weighted by Gasteiger charge is -2.16. The Kier molecular flexibility index (Phi) is 6.31. The van der Waals surface area contributed by atoms with E-state index in [9.17, 15) is 19.2 Å². The van der Waals surface area contributed by atoms with E-state index in [0.29, 0.717) is 29.0 Å². The Morgan fingerprint density at radius 1 is 0.788 bits per heavy atom. The Hall–Kier alpha value is -4.26. The number of carbonyl (C=O) groups excluding carboxylic acids is 4. The number of amides is 3. The average Bonchev–Trinajstić information content (AvgIpc) is 3.22. The van der Waals surface area contributed by atoms with Gasteiger partial charge < -0.3 is 15.5 Å². The van der Waals surface area contributed by atoms with Crippen molar-refractivity contribution in [3.63, 3.8) is 0 Å². The highest BCUT2D eigenvalue weighted by Gasteiger charge is 2.35. The van der Waals surface area contributed by atoms with Crippen molar-refractivity contribution in [2.45, 2.75) is 13.3 Å². The first-order chi connectivity index (χ1) is 15.9. The molecule has 0 spiro atoms. The number of anilines is 3. The molecule has 3 aromatic rings. The zero-order valence-electron chi connectivity index (χ0n) is 18.1. The van der Waals surface area contributed by atoms with Gasteiger partial charge in [0, 0.05) is 41.2 Å². The van der Waals surface area contributed by atoms with Gasteiger partial charge in [-0.2, -0.15) is 0 Å². The van der Waals surface area contributed by atoms with E-state index in [1.165, 1.54) is 6.92 Å². The van der Waals surface area contributed by atoms with Crippen LogP contribution in [0, 0.1) is 5.92 Å². The van der Waals surface area contributed by atoms with Gasteiger partial charge in [-0.1, -0.05) is 18.2 Å². The number of para-hydroxylation sites is 1. The molecular weight excluding hydrogens is 418 g/mol. The topological polar surface area (TPSA) is 95.6 Å². The van der Waals surface area contributed by atoms with E-state index in [4.69, 9.17) is 0 Å². The molecule has 1 fully saturated rings. The highest BCUT2D eigenvalue weighted by molar-refractivity contribution is 6.06. The standard InChI is InChI=1S/C26H23N3O4/c1-17(30)18-7-11-21(12-8-18)27-25(32)19-9-13-22(14-10-19)28-26(33)20-15-24(31)29(16-20)23-5-3-2-4-6-23/h2-14,20H,15-16H2,1H3,(H,27,32)(H,28,33). The molecule has 7 nitrogen and oxygen atoms in total. The van der Waals surface area contributed by atoms with Crippen LogP contribution in [0.3, 0.4) is 0 Å². The molecule has 1 atom stereocenters. The van der Waals surface area contributed by atoms with Crippen LogP contribution < -0.4 is 15.5 Å². The molecule has 3 aromatic carbocycles. The largest absolute Gasteiger partial charge is 0.326 e. The number of Topliss-reactive ketones (excluding diaryl/α,β-unsaturated/α-hetero) is 1. The number of nitrogens with zero attached hydrogens (tertiary/aromatic N) is 1. The van der Waals surface area contributed by atoms with Gasteiger partial charge in [0.2, 0.25) is 11.8 Å². The summed E-state index contributed by atoms with van der Waals surface area (Å²) in [6, 6.07) is 22.5. The Bertz CT molecular complexity index is 1190. The number of ketones is 1. The molecule has 0 saturated carbocycles. The van der Waals surface area contributed by atoms with Gasteiger partial charge in [-0.05, 0) is 67.6 Å². The van der Waals surface area contributed by atoms with E-state index in [2.05, 4.69) is 10.6 Å². The minimum atomic E-state index is -0.446. The summed E-state index contributed by atoms with van der Waals surface area (Å²) in [7, 11) is 0. The minimum Gasteiger partial charge on any atom is -0.326 e. The van der Waals surface area contributed by atoms with Crippen LogP contribution >= 0.6 is 0 Å². The molecule has 0 aliphatic carbocycles. The summed E-state index contributed by atoms with van der Waals surface area (Å²) >= 11 is 0. The van der Waals surface area contributed by atoms with Crippen molar-refractivity contribution in [2.75, 3.05) is 22.1 Å². The van der Waals surface area contributed by atoms with E-state index in [1.54, 1.807) is 53.4 Å². The SMILES string of the molecule is CC(=O)c1ccc(NC(=O)c2ccc(NC(=O)C3CC(=O)N(c4ccccc4)C3)cc2)cc1. The number of hydrogen-bond acceptors (Lipinski definition) is 4. The predicted molar refractivity (Wildman–Crippen MR) is 126 cm³/mol. The molecule has 1 saturated heterocycles. The van der Waals surface area contributed by atoms with Crippen LogP contribution in [0.2, 0.25) is 0 Å². The maximum Gasteiger partial charge on any atom is 0.255 e. The molecule has 33 heavy (non-hydrogen) atoms. The van der Waals surface area contributed by atoms with Crippen molar-refractivity contribution in [1.29, 1.82) is 0 Å². The quantitative estimate of drug-likeness (QED) is 0.562. The first-order valence-corrected chi connectivity index (χ1v) is 10.6. The van der Waals surface area contributed by atoms with E-state index in [-0.39, 0.29) is 29.9 Å². The van der Waals surface area contributed by atoms with Crippen molar-refractivity contribution in [1.82, 2.24) is 0 Å². The van der Waals surface area contributed by atoms with Gasteiger partial charge in [-0.15, -0.1) is 0 Å². The fraction of sp³-hybridized carbons (Fsp3) is 0.154. The monoisotopic (exact) mass is 441 g/mol. The number of nitrogens with one attached hydrogen (secondary N) is 2. The Morgan fingerprint density at radius 3 is 1.97 bits per heavy atom. The minimum absolute atomic E-state index is 0.0414. The highest BCUT2D eigenvalue weighted by atomic mass is 16.2. The third-order valence-corrected chi connectivity index (χ3v) is 5.53. The molecule has 166 valence electrons. The van der Waals surface area contributed by atoms with Gasteiger partial charge in [0.25, 0.3) is 5.91 Å². The van der Waals surface area contributed by atoms with Crippen molar-refractivity contribution >= 4 is 40.6 Å². The van der Waals surface area contributed by atoms with Gasteiger partial charge >= 0.3 is 0 Å². The second-order valence-corrected chi connectivity index (χ2v) is 7.90. The van der Waals surface area contributed by atoms with Crippen molar-refractivity contribution in [2.24, 2.45) is 5.92 Å². The first-order valence-electron chi connectivity index (χ1n) is 10.6. The van der Waals surface area contributed by atoms with Crippen LogP contribution in [0.5, 0.6) is 0 Å². The zero-order chi connectivity index (χ0) is 23.4. The van der Waals surface area contributed by atoms with Crippen molar-refractivity contribution in [3.8, 4) is 0 Å². The Balaban J connectivity index is 1.34. The second kappa shape index (κ2) is 9.48. The summed E-state index contributed by atoms with van der Waals surface area (Å²) in [5.41, 5.74) is 2.91. The normalized spacial score (nSPS) is 15.2. The van der Waals surface area contributed by atoms with Gasteiger partial charge in [-0.3, -0.25) is 19.2 Å². The third kappa shape index (κ3) is 5.15. The lowest BCUT2D eigenvalue weighted by atomic mass is 10.1. The molecule has 2 N–H and O–H groups in total. The van der Waals surface area contributed by atoms with Crippen LogP contribution in [0.15, 0.2) is 78.9 Å². The summed E-state index contributed by atoms with van der Waals surface area (Å²) in [6.07, 6.45) is 0.156. The van der Waals surface area contributed by atoms with Crippen LogP contribution in [0.4, 0.5) is 17.1 Å². The molecule has 3 amide bonds. The van der Waals surface area contributed by atoms with Crippen LogP contribution in [0.1, 0.15) is 34.1 Å². The van der Waals surface area contributed by atoms with Gasteiger partial charge in [0.05, 0.1) is 5.92 Å². The summed E-state index contributed by atoms with van der Waals surface area (Å²) in [4.78, 5) is 50.5. The number of benzene rings is 3. The van der Waals surface area contributed by atoms with Gasteiger partial charge in [0.15, 0.2) is 5.78 Å². The maximum absolute atomic E-state index is 12.7. The Labute approximate surface area is 191 Å². The zero-order valence-corrected chi connectivity index (χ0v) is 18.1. The molecule has 1 aliphatic rings. The van der Waals surface area contributed by atoms with Gasteiger partial charge in [0.1, 0.15) is 0 Å². The third-order valence-electron chi connectivity index (χ3n) is 5.53. The number of rotatable bonds is 6. The highest BCUT2D eigenvalue weighted by Crippen LogP contribution is 2.26. The molecular formula is C26H23N3O4. The predicted octanol–water partition coefficient (Wildman–Crippen LogP) is 4.13. The van der Waals surface area contributed by atoms with E-state index in [0.717, 1.165) is 5.69 Å². The molecule has 4 rings (SSSR count). The molecule has 1 unspecified atom stereocenters. The fourth-order valence-electron chi connectivity index (χ4n) is 3.68. The van der Waals surface area contributed by atoms with Gasteiger partial charge in [-0.25, -0.2) is 0 Å². The molecule has 7 heteroatoms. The Morgan fingerprint density at radius 2 is 1.36 bits per heavy atom. The molecule has 0 bridgehead atoms. The second-order valence-electron chi connectivity index (χ2n) is 7.90. The number of carbonyl (C=O) groups is 4. The van der Waals surface area contributed by atoms with E-state index in [1.807, 2.05) is 30.3 Å². The summed E-state index contributed by atoms with van der Waals surface area (Å²) in [5.74, 6) is -1.10. The van der Waals surface area contributed by atoms with Crippen molar-refractivity contribution < 1.29 is 19.2 Å². The smallest absolute Gasteiger partial charge is 0.255 e. The average molecular weight is 441 g/mol. The van der Waals surface area contributed by atoms with E-state index < -0.39 is 5.92 Å². The molecule has 0 radical (unpaired) electrons. The van der Waals surface area contributed by atoms with Crippen LogP contribution in [-0.4, -0.2) is 30.0 Å². The summed E-state index contributed by atoms with van der Waals surface area (Å²) in [5, 5.41) is 5.60. The molecule has 0 aromatic heterocycles. The lowest BCUT2D eigenvalue weighted by molar-refractivity contribution is -0.122. The summed E-state index contributed by atoms with van der Waals surface area (Å²) < 4.78 is 0. The lowest BCUT2D eigenvalue weighted by Crippen LogP contribution is -2.28. The molecule has 1 aliphatic heterocycles. The van der Waals surface area contributed by atoms with E-state index >= 15 is 0 Å². The van der Waals surface area contributed by atoms with Crippen molar-refractivity contribution in [3.05, 3.63) is 90.0 Å². The molecule has 1 heterocycles. The van der Waals surface area contributed by atoms with Crippen LogP contribution in [0.25, 0.3) is 0 Å². The van der Waals surface area contributed by atoms with Crippen LogP contribution in [-0.2, 0) is 9.59 Å². The maximum atomic E-state index is 12.7. The summed E-state index contributed by atoms with van der Waals surface area (Å²) in [6.45, 7) is 1.81. The first kappa shape index (κ1) is 22.0.